The van der Waals surface area contributed by atoms with Crippen LogP contribution in [-0.4, -0.2) is 40.8 Å². The van der Waals surface area contributed by atoms with Gasteiger partial charge in [0.25, 0.3) is 0 Å². The number of fused-ring (bicyclic) bond motifs is 8. The van der Waals surface area contributed by atoms with E-state index >= 15 is 0 Å². The molecule has 20 rings (SSSR count). The number of hydrogen-bond acceptors (Lipinski definition) is 12. The van der Waals surface area contributed by atoms with Gasteiger partial charge < -0.3 is 18.9 Å². The summed E-state index contributed by atoms with van der Waals surface area (Å²) in [5.41, 5.74) is -2.45. The van der Waals surface area contributed by atoms with E-state index < -0.39 is 81.9 Å². The minimum atomic E-state index is -5.23. The SMILES string of the molecule is Cc1ccc(C(F)(F)F)cc1Oc1nnc(-c2[c-]cccc2)c2cc3ccccc3cc12.Cc1cccc(C(F)(F)F)c1Oc1nnc(-c2[c-]cccc2)c2cc3ccccc3cc12.FC(F)(F)c1cc(Oc2nnc(-c3[c-]cccc3)c3cc4ccccc4cc23)cc(C(F)(F)F)c1.FC(F)(F)c1ccc(Oc2nnc(-c3[c-]cccc3)c3cc4ccccc4cc23)cc1C(F)(F)F.[Ir].[Ir].[Ir].[Ir]. The predicted molar refractivity (Wildman–Crippen MR) is 471 cm³/mol. The number of aryl methyl sites for hydroxylation is 2. The molecule has 138 heavy (non-hydrogen) atoms. The van der Waals surface area contributed by atoms with Gasteiger partial charge in [0.2, 0.25) is 23.5 Å². The number of aromatic nitrogens is 8. The van der Waals surface area contributed by atoms with E-state index in [0.717, 1.165) is 89.3 Å². The summed E-state index contributed by atoms with van der Waals surface area (Å²) >= 11 is 0. The van der Waals surface area contributed by atoms with E-state index in [0.29, 0.717) is 102 Å². The van der Waals surface area contributed by atoms with Gasteiger partial charge in [-0.15, -0.1) is 164 Å². The first kappa shape index (κ1) is 102. The second kappa shape index (κ2) is 41.8. The van der Waals surface area contributed by atoms with Crippen molar-refractivity contribution in [1.82, 2.24) is 40.8 Å². The van der Waals surface area contributed by atoms with E-state index in [1.54, 1.807) is 98.8 Å². The number of benzene rings is 16. The van der Waals surface area contributed by atoms with Crippen LogP contribution >= 0.6 is 0 Å². The molecule has 0 unspecified atom stereocenters. The number of hydrogen-bond donors (Lipinski definition) is 0. The van der Waals surface area contributed by atoms with Crippen molar-refractivity contribution in [3.63, 3.8) is 0 Å². The molecule has 0 aliphatic heterocycles. The van der Waals surface area contributed by atoms with E-state index in [2.05, 4.69) is 65.1 Å². The number of nitrogens with zero attached hydrogens (tertiary/aromatic N) is 8. The molecule has 0 N–H and O–H groups in total. The normalized spacial score (nSPS) is 11.7. The largest absolute Gasteiger partial charge is 0.437 e. The van der Waals surface area contributed by atoms with Gasteiger partial charge in [-0.25, -0.2) is 0 Å². The first-order valence-electron chi connectivity index (χ1n) is 40.3. The zero-order valence-corrected chi connectivity index (χ0v) is 80.0. The Balaban J connectivity index is 0.000000154. The minimum absolute atomic E-state index is 0. The van der Waals surface area contributed by atoms with E-state index in [1.165, 1.54) is 12.1 Å². The Morgan fingerprint density at radius 1 is 0.217 bits per heavy atom. The molecule has 4 heterocycles. The Bertz CT molecular complexity index is 7820. The third-order valence-electron chi connectivity index (χ3n) is 21.3. The number of halogens is 18. The second-order valence-corrected chi connectivity index (χ2v) is 30.3. The van der Waals surface area contributed by atoms with Gasteiger partial charge in [0.05, 0.1) is 33.4 Å². The first-order chi connectivity index (χ1) is 64.0. The molecule has 20 aromatic rings. The predicted octanol–water partition coefficient (Wildman–Crippen LogP) is 30.9. The molecule has 0 saturated carbocycles. The minimum Gasteiger partial charge on any atom is -0.437 e. The van der Waals surface area contributed by atoms with Crippen LogP contribution < -0.4 is 18.9 Å². The van der Waals surface area contributed by atoms with Crippen molar-refractivity contribution in [1.29, 1.82) is 0 Å². The smallest absolute Gasteiger partial charge is 0.419 e. The number of ether oxygens (including phenoxy) is 4. The van der Waals surface area contributed by atoms with E-state index in [4.69, 9.17) is 18.9 Å². The van der Waals surface area contributed by atoms with Gasteiger partial charge >= 0.3 is 37.1 Å². The number of para-hydroxylation sites is 1. The second-order valence-electron chi connectivity index (χ2n) is 30.3. The van der Waals surface area contributed by atoms with Crippen LogP contribution in [0, 0.1) is 38.1 Å². The average Bonchev–Trinajstić information content (AvgIpc) is 0.769. The molecule has 4 aromatic heterocycles. The van der Waals surface area contributed by atoms with Crippen LogP contribution in [0.5, 0.6) is 46.5 Å². The van der Waals surface area contributed by atoms with Gasteiger partial charge in [0, 0.05) is 125 Å². The molecule has 34 heteroatoms. The summed E-state index contributed by atoms with van der Waals surface area (Å²) in [5.74, 6) is -1.50. The fourth-order valence-electron chi connectivity index (χ4n) is 14.9. The van der Waals surface area contributed by atoms with E-state index in [9.17, 15) is 79.0 Å². The molecule has 0 aliphatic rings. The van der Waals surface area contributed by atoms with Crippen LogP contribution in [0.25, 0.3) is 131 Å². The Morgan fingerprint density at radius 3 is 0.833 bits per heavy atom. The number of alkyl halides is 18. The van der Waals surface area contributed by atoms with Crippen molar-refractivity contribution in [2.45, 2.75) is 50.9 Å². The summed E-state index contributed by atoms with van der Waals surface area (Å²) in [6, 6.07) is 96.3. The third-order valence-corrected chi connectivity index (χ3v) is 21.3. The molecule has 12 nitrogen and oxygen atoms in total. The molecule has 0 amide bonds. The summed E-state index contributed by atoms with van der Waals surface area (Å²) in [7, 11) is 0. The fraction of sp³-hybridized carbons (Fsp3) is 0.0769. The average molecular weight is 2590 g/mol. The molecule has 16 aromatic carbocycles. The Morgan fingerprint density at radius 2 is 0.522 bits per heavy atom. The maximum absolute atomic E-state index is 13.6. The third kappa shape index (κ3) is 22.6. The molecule has 0 saturated heterocycles. The van der Waals surface area contributed by atoms with Gasteiger partial charge in [0.1, 0.15) is 23.0 Å². The molecule has 0 spiro atoms. The van der Waals surface area contributed by atoms with Gasteiger partial charge in [-0.05, 0) is 168 Å². The van der Waals surface area contributed by atoms with Crippen LogP contribution in [-0.2, 0) is 117 Å². The van der Waals surface area contributed by atoms with Gasteiger partial charge in [-0.3, -0.25) is 0 Å². The Labute approximate surface area is 825 Å². The van der Waals surface area contributed by atoms with Gasteiger partial charge in [0.15, 0.2) is 0 Å². The summed E-state index contributed by atoms with van der Waals surface area (Å²) < 4.78 is 263. The van der Waals surface area contributed by atoms with Crippen LogP contribution in [0.15, 0.2) is 315 Å². The number of rotatable bonds is 12. The van der Waals surface area contributed by atoms with Crippen molar-refractivity contribution in [2.75, 3.05) is 0 Å². The van der Waals surface area contributed by atoms with Crippen molar-refractivity contribution >= 4 is 86.2 Å². The topological polar surface area (TPSA) is 140 Å². The molecular weight excluding hydrogens is 2540 g/mol. The van der Waals surface area contributed by atoms with Crippen LogP contribution in [0.3, 0.4) is 0 Å². The zero-order valence-electron chi connectivity index (χ0n) is 70.4. The molecule has 0 bridgehead atoms. The summed E-state index contributed by atoms with van der Waals surface area (Å²) in [6.45, 7) is 3.26. The van der Waals surface area contributed by atoms with Crippen molar-refractivity contribution in [3.8, 4) is 91.5 Å². The van der Waals surface area contributed by atoms with Crippen LogP contribution in [0.4, 0.5) is 79.0 Å². The van der Waals surface area contributed by atoms with E-state index in [1.807, 2.05) is 164 Å². The monoisotopic (exact) mass is 2600 g/mol. The van der Waals surface area contributed by atoms with Gasteiger partial charge in [-0.2, -0.15) is 99.4 Å². The van der Waals surface area contributed by atoms with E-state index in [-0.39, 0.29) is 122 Å². The van der Waals surface area contributed by atoms with Gasteiger partial charge in [-0.1, -0.05) is 140 Å². The maximum Gasteiger partial charge on any atom is 0.419 e. The molecular formula is C104H58F18Ir4N8O4-4. The first-order valence-corrected chi connectivity index (χ1v) is 40.3. The summed E-state index contributed by atoms with van der Waals surface area (Å²) in [6.07, 6.45) is -29.4. The Hall–Kier alpha value is -13.5. The Kier molecular flexibility index (Phi) is 30.9. The summed E-state index contributed by atoms with van der Waals surface area (Å²) in [5, 5.41) is 45.4. The van der Waals surface area contributed by atoms with Crippen LogP contribution in [0.2, 0.25) is 0 Å². The van der Waals surface area contributed by atoms with Crippen molar-refractivity contribution in [2.24, 2.45) is 0 Å². The van der Waals surface area contributed by atoms with Crippen molar-refractivity contribution < 1.29 is 178 Å². The molecule has 0 aliphatic carbocycles. The molecule has 704 valence electrons. The standard InChI is InChI=1S/2C26H13F6N2O.2C26H16F3N2O.4Ir/c27-25(28,29)18-12-19(26(30,31)32)14-20(13-18)35-24-22-11-17-9-5-4-8-16(17)10-21(22)23(33-34-24)15-6-2-1-3-7-15;27-25(28,29)21-11-10-18(14-22(21)26(30,31)32)35-24-20-13-17-9-5-4-8-16(17)12-19(20)23(33-34-24)15-6-2-1-3-7-15;1-16-8-7-13-22(26(27,28)29)24(16)32-25-21-15-19-12-6-5-11-18(19)14-20(21)23(30-31-25)17-9-3-2-4-10-17;1-16-11-12-20(26(27,28)29)15-23(16)32-25-22-14-19-10-6-5-9-18(19)13-21(22)24(30-31-25)17-7-3-2-4-8-17;;;;/h2*1-6,8-14H;2-9,11-15H,1H3;2-7,9-15H,1H3;;;;/q4*-1;;;;. The maximum atomic E-state index is 13.6. The quantitative estimate of drug-likeness (QED) is 0.0653. The summed E-state index contributed by atoms with van der Waals surface area (Å²) in [4.78, 5) is 0. The molecule has 0 atom stereocenters. The fourth-order valence-corrected chi connectivity index (χ4v) is 14.9. The van der Waals surface area contributed by atoms with Crippen molar-refractivity contribution in [3.05, 3.63) is 384 Å². The molecule has 0 fully saturated rings. The zero-order chi connectivity index (χ0) is 94.2. The van der Waals surface area contributed by atoms with Crippen LogP contribution in [0.1, 0.15) is 44.5 Å². The molecule has 4 radical (unpaired) electrons.